The van der Waals surface area contributed by atoms with Crippen LogP contribution in [0.1, 0.15) is 67.2 Å². The van der Waals surface area contributed by atoms with E-state index in [1.54, 1.807) is 48.5 Å². The molecule has 0 unspecified atom stereocenters. The summed E-state index contributed by atoms with van der Waals surface area (Å²) in [5.74, 6) is 1.06. The van der Waals surface area contributed by atoms with Crippen molar-refractivity contribution < 1.29 is 19.1 Å². The molecule has 0 aliphatic carbocycles. The number of rotatable bonds is 11. The summed E-state index contributed by atoms with van der Waals surface area (Å²) in [6.45, 7) is 7.57. The van der Waals surface area contributed by atoms with Gasteiger partial charge in [-0.1, -0.05) is 40.0 Å². The van der Waals surface area contributed by atoms with Crippen molar-refractivity contribution in [3.05, 3.63) is 59.7 Å². The van der Waals surface area contributed by atoms with Gasteiger partial charge >= 0.3 is 0 Å². The predicted molar refractivity (Wildman–Crippen MR) is 134 cm³/mol. The number of carbonyl (C=O) groups is 2. The summed E-state index contributed by atoms with van der Waals surface area (Å²) in [5.41, 5.74) is 5.86. The third kappa shape index (κ3) is 9.91. The van der Waals surface area contributed by atoms with E-state index in [-0.39, 0.29) is 16.9 Å². The van der Waals surface area contributed by atoms with E-state index in [1.807, 2.05) is 0 Å². The summed E-state index contributed by atoms with van der Waals surface area (Å²) < 4.78 is 11.3. The number of amides is 2. The van der Waals surface area contributed by atoms with E-state index in [0.29, 0.717) is 36.0 Å². The average Bonchev–Trinajstić information content (AvgIpc) is 2.81. The highest BCUT2D eigenvalue weighted by Crippen LogP contribution is 2.14. The number of ether oxygens (including phenoxy) is 2. The Balaban J connectivity index is 1.74. The molecule has 2 aromatic carbocycles. The fourth-order valence-corrected chi connectivity index (χ4v) is 2.92. The van der Waals surface area contributed by atoms with Gasteiger partial charge in [-0.2, -0.15) is 0 Å². The molecular weight excluding hydrogens is 438 g/mol. The number of hydrazine groups is 1. The normalized spacial score (nSPS) is 10.4. The van der Waals surface area contributed by atoms with Crippen LogP contribution in [0, 0.1) is 5.92 Å². The standard InChI is InChI=1S/C25H33N3O4S/c1-4-5-6-7-16-31-21-12-8-19(9-13-21)23(29)26-25(33)28-27-24(30)20-10-14-22(15-11-20)32-17-18(2)3/h8-15,18H,4-7,16-17H2,1-3H3,(H,27,30)(H2,26,28,29,33). The molecule has 0 bridgehead atoms. The Morgan fingerprint density at radius 3 is 1.97 bits per heavy atom. The summed E-state index contributed by atoms with van der Waals surface area (Å²) >= 11 is 5.09. The molecular formula is C25H33N3O4S. The van der Waals surface area contributed by atoms with Crippen LogP contribution >= 0.6 is 12.2 Å². The molecule has 0 saturated heterocycles. The van der Waals surface area contributed by atoms with Crippen molar-refractivity contribution in [1.82, 2.24) is 16.2 Å². The Bertz CT molecular complexity index is 899. The smallest absolute Gasteiger partial charge is 0.269 e. The monoisotopic (exact) mass is 471 g/mol. The topological polar surface area (TPSA) is 88.7 Å². The van der Waals surface area contributed by atoms with Crippen LogP contribution in [0.3, 0.4) is 0 Å². The molecule has 2 rings (SSSR count). The number of unbranched alkanes of at least 4 members (excludes halogenated alkanes) is 3. The number of thiocarbonyl (C=S) groups is 1. The zero-order chi connectivity index (χ0) is 24.1. The molecule has 0 atom stereocenters. The van der Waals surface area contributed by atoms with Crippen LogP contribution in [0.25, 0.3) is 0 Å². The van der Waals surface area contributed by atoms with Crippen LogP contribution in [0.5, 0.6) is 11.5 Å². The highest BCUT2D eigenvalue weighted by Gasteiger charge is 2.10. The summed E-state index contributed by atoms with van der Waals surface area (Å²) in [6, 6.07) is 13.6. The lowest BCUT2D eigenvalue weighted by Gasteiger charge is -2.12. The van der Waals surface area contributed by atoms with E-state index in [4.69, 9.17) is 21.7 Å². The van der Waals surface area contributed by atoms with Gasteiger partial charge < -0.3 is 9.47 Å². The number of hydrogen-bond acceptors (Lipinski definition) is 5. The second-order valence-corrected chi connectivity index (χ2v) is 8.43. The van der Waals surface area contributed by atoms with Crippen molar-refractivity contribution in [1.29, 1.82) is 0 Å². The van der Waals surface area contributed by atoms with Gasteiger partial charge in [0.2, 0.25) is 0 Å². The predicted octanol–water partition coefficient (Wildman–Crippen LogP) is 4.63. The molecule has 178 valence electrons. The maximum atomic E-state index is 12.4. The summed E-state index contributed by atoms with van der Waals surface area (Å²) in [5, 5.41) is 2.52. The first-order valence-corrected chi connectivity index (χ1v) is 11.7. The maximum absolute atomic E-state index is 12.4. The maximum Gasteiger partial charge on any atom is 0.269 e. The quantitative estimate of drug-likeness (QED) is 0.252. The lowest BCUT2D eigenvalue weighted by Crippen LogP contribution is -2.48. The number of nitrogens with one attached hydrogen (secondary N) is 3. The van der Waals surface area contributed by atoms with E-state index < -0.39 is 0 Å². The molecule has 0 fully saturated rings. The lowest BCUT2D eigenvalue weighted by molar-refractivity contribution is 0.0934. The van der Waals surface area contributed by atoms with E-state index in [9.17, 15) is 9.59 Å². The Labute approximate surface area is 201 Å². The van der Waals surface area contributed by atoms with Crippen molar-refractivity contribution in [3.8, 4) is 11.5 Å². The summed E-state index contributed by atoms with van der Waals surface area (Å²) in [7, 11) is 0. The first-order chi connectivity index (χ1) is 15.9. The third-order valence-corrected chi connectivity index (χ3v) is 4.80. The van der Waals surface area contributed by atoms with Crippen LogP contribution in [-0.2, 0) is 0 Å². The van der Waals surface area contributed by atoms with Gasteiger partial charge in [-0.15, -0.1) is 0 Å². The zero-order valence-corrected chi connectivity index (χ0v) is 20.3. The highest BCUT2D eigenvalue weighted by molar-refractivity contribution is 7.80. The molecule has 0 spiro atoms. The molecule has 2 amide bonds. The largest absolute Gasteiger partial charge is 0.494 e. The first kappa shape index (κ1) is 26.1. The Morgan fingerprint density at radius 2 is 1.39 bits per heavy atom. The molecule has 3 N–H and O–H groups in total. The minimum absolute atomic E-state index is 0.0125. The van der Waals surface area contributed by atoms with Gasteiger partial charge in [-0.05, 0) is 73.1 Å². The summed E-state index contributed by atoms with van der Waals surface area (Å²) in [6.07, 6.45) is 4.55. The Hall–Kier alpha value is -3.13. The van der Waals surface area contributed by atoms with Crippen LogP contribution in [0.15, 0.2) is 48.5 Å². The van der Waals surface area contributed by atoms with Gasteiger partial charge in [0, 0.05) is 11.1 Å². The molecule has 0 saturated carbocycles. The third-order valence-electron chi connectivity index (χ3n) is 4.60. The van der Waals surface area contributed by atoms with Gasteiger partial charge in [-0.25, -0.2) is 0 Å². The van der Waals surface area contributed by atoms with Crippen molar-refractivity contribution in [2.45, 2.75) is 46.5 Å². The number of hydrogen-bond donors (Lipinski definition) is 3. The molecule has 0 radical (unpaired) electrons. The van der Waals surface area contributed by atoms with Crippen LogP contribution in [-0.4, -0.2) is 30.1 Å². The zero-order valence-electron chi connectivity index (χ0n) is 19.5. The lowest BCUT2D eigenvalue weighted by atomic mass is 10.2. The molecule has 2 aromatic rings. The SMILES string of the molecule is CCCCCCOc1ccc(C(=O)NC(=S)NNC(=O)c2ccc(OCC(C)C)cc2)cc1. The first-order valence-electron chi connectivity index (χ1n) is 11.3. The minimum atomic E-state index is -0.387. The fraction of sp³-hybridized carbons (Fsp3) is 0.400. The number of carbonyl (C=O) groups excluding carboxylic acids is 2. The van der Waals surface area contributed by atoms with E-state index in [2.05, 4.69) is 36.9 Å². The van der Waals surface area contributed by atoms with Crippen molar-refractivity contribution in [2.75, 3.05) is 13.2 Å². The molecule has 0 aliphatic heterocycles. The van der Waals surface area contributed by atoms with E-state index >= 15 is 0 Å². The molecule has 0 aliphatic rings. The second-order valence-electron chi connectivity index (χ2n) is 8.03. The van der Waals surface area contributed by atoms with Gasteiger partial charge in [0.05, 0.1) is 13.2 Å². The van der Waals surface area contributed by atoms with Crippen molar-refractivity contribution >= 4 is 29.1 Å². The van der Waals surface area contributed by atoms with Crippen molar-refractivity contribution in [2.24, 2.45) is 5.92 Å². The fourth-order valence-electron chi connectivity index (χ4n) is 2.78. The summed E-state index contributed by atoms with van der Waals surface area (Å²) in [4.78, 5) is 24.6. The molecule has 33 heavy (non-hydrogen) atoms. The highest BCUT2D eigenvalue weighted by atomic mass is 32.1. The van der Waals surface area contributed by atoms with Gasteiger partial charge in [0.1, 0.15) is 11.5 Å². The van der Waals surface area contributed by atoms with E-state index in [1.165, 1.54) is 12.8 Å². The molecule has 0 aromatic heterocycles. The van der Waals surface area contributed by atoms with E-state index in [0.717, 1.165) is 18.6 Å². The average molecular weight is 472 g/mol. The van der Waals surface area contributed by atoms with Crippen LogP contribution in [0.4, 0.5) is 0 Å². The Kier molecular flexibility index (Phi) is 11.2. The van der Waals surface area contributed by atoms with Crippen molar-refractivity contribution in [3.63, 3.8) is 0 Å². The van der Waals surface area contributed by atoms with Gasteiger partial charge in [0.15, 0.2) is 5.11 Å². The molecule has 0 heterocycles. The van der Waals surface area contributed by atoms with Gasteiger partial charge in [0.25, 0.3) is 11.8 Å². The molecule has 8 heteroatoms. The Morgan fingerprint density at radius 1 is 0.818 bits per heavy atom. The van der Waals surface area contributed by atoms with Gasteiger partial charge in [-0.3, -0.25) is 25.8 Å². The minimum Gasteiger partial charge on any atom is -0.494 e. The number of benzene rings is 2. The van der Waals surface area contributed by atoms with Crippen LogP contribution in [0.2, 0.25) is 0 Å². The second kappa shape index (κ2) is 14.1. The van der Waals surface area contributed by atoms with Crippen LogP contribution < -0.4 is 25.6 Å². The molecule has 7 nitrogen and oxygen atoms in total.